The van der Waals surface area contributed by atoms with Crippen LogP contribution in [-0.2, 0) is 9.53 Å². The molecule has 8 N–H and O–H groups in total. The van der Waals surface area contributed by atoms with E-state index in [0.29, 0.717) is 12.8 Å². The summed E-state index contributed by atoms with van der Waals surface area (Å²) >= 11 is 0. The Morgan fingerprint density at radius 1 is 0.638 bits per heavy atom. The second kappa shape index (κ2) is 27.9. The van der Waals surface area contributed by atoms with Gasteiger partial charge in [-0.25, -0.2) is 0 Å². The van der Waals surface area contributed by atoms with Crippen molar-refractivity contribution < 1.29 is 30.0 Å². The van der Waals surface area contributed by atoms with Crippen molar-refractivity contribution in [3.8, 4) is 0 Å². The van der Waals surface area contributed by atoms with E-state index in [4.69, 9.17) is 10.5 Å². The van der Waals surface area contributed by atoms with E-state index in [-0.39, 0.29) is 12.5 Å². The molecule has 47 heavy (non-hydrogen) atoms. The first-order valence-electron chi connectivity index (χ1n) is 19.4. The molecular formula is C36H73N5O6. The van der Waals surface area contributed by atoms with Crippen LogP contribution in [0.4, 0.5) is 0 Å². The lowest BCUT2D eigenvalue weighted by Gasteiger charge is -2.40. The van der Waals surface area contributed by atoms with E-state index in [9.17, 15) is 25.2 Å². The van der Waals surface area contributed by atoms with Gasteiger partial charge in [-0.05, 0) is 71.2 Å². The largest absolute Gasteiger partial charge is 0.394 e. The number of carbonyl (C=O) groups is 1. The van der Waals surface area contributed by atoms with Crippen LogP contribution in [0.25, 0.3) is 0 Å². The van der Waals surface area contributed by atoms with E-state index in [1.807, 2.05) is 0 Å². The molecule has 11 nitrogen and oxygen atoms in total. The third-order valence-electron chi connectivity index (χ3n) is 9.92. The lowest BCUT2D eigenvalue weighted by atomic mass is 9.92. The smallest absolute Gasteiger partial charge is 0.222 e. The Morgan fingerprint density at radius 3 is 1.87 bits per heavy atom. The molecule has 0 aromatic heterocycles. The number of ether oxygens (including phenoxy) is 1. The standard InChI is InChI=1S/C36H73N5O6/c37-20-14-10-6-1-2-7-11-15-25-40-26-17-27-41(29-24-39-22-16-21-38-23-28-40)33(43)19-13-9-5-3-4-8-12-18-31-34(44)36(46)35(45)32(30-42)47-31/h31-32,34-36,38-39,42,44-46H,1-30,37H2/t31-,32+,34-,35+,36+/m0/s1. The molecule has 0 saturated carbocycles. The second-order valence-electron chi connectivity index (χ2n) is 13.9. The van der Waals surface area contributed by atoms with Crippen molar-refractivity contribution in [2.75, 3.05) is 72.1 Å². The van der Waals surface area contributed by atoms with E-state index in [1.165, 1.54) is 44.9 Å². The second-order valence-corrected chi connectivity index (χ2v) is 13.9. The molecule has 2 heterocycles. The minimum Gasteiger partial charge on any atom is -0.394 e. The SMILES string of the molecule is NCCCCCCCCCCN1CCCN(C(=O)CCCCCCCCC[C@@H]2O[C@H](CO)[C@@H](O)[C@H](O)[C@H]2O)CCNCCCNCC1. The van der Waals surface area contributed by atoms with Crippen LogP contribution in [0, 0.1) is 0 Å². The Balaban J connectivity index is 1.60. The van der Waals surface area contributed by atoms with E-state index < -0.39 is 30.5 Å². The molecule has 1 amide bonds. The van der Waals surface area contributed by atoms with Gasteiger partial charge in [0.2, 0.25) is 5.91 Å². The fourth-order valence-corrected chi connectivity index (χ4v) is 6.84. The highest BCUT2D eigenvalue weighted by Gasteiger charge is 2.42. The molecule has 2 aliphatic heterocycles. The number of carbonyl (C=O) groups excluding carboxylic acids is 1. The quantitative estimate of drug-likeness (QED) is 0.0903. The van der Waals surface area contributed by atoms with Crippen molar-refractivity contribution >= 4 is 5.91 Å². The van der Waals surface area contributed by atoms with E-state index in [0.717, 1.165) is 130 Å². The normalized spacial score (nSPS) is 25.9. The van der Waals surface area contributed by atoms with Gasteiger partial charge < -0.3 is 51.3 Å². The van der Waals surface area contributed by atoms with Crippen LogP contribution in [0.5, 0.6) is 0 Å². The maximum absolute atomic E-state index is 13.2. The highest BCUT2D eigenvalue weighted by molar-refractivity contribution is 5.76. The van der Waals surface area contributed by atoms with Crippen molar-refractivity contribution in [1.29, 1.82) is 0 Å². The molecule has 11 heteroatoms. The average Bonchev–Trinajstić information content (AvgIpc) is 3.07. The fraction of sp³-hybridized carbons (Fsp3) is 0.972. The molecule has 0 aromatic carbocycles. The van der Waals surface area contributed by atoms with E-state index >= 15 is 0 Å². The first kappa shape index (κ1) is 42.3. The summed E-state index contributed by atoms with van der Waals surface area (Å²) in [5, 5.41) is 46.6. The highest BCUT2D eigenvalue weighted by atomic mass is 16.5. The number of hydrogen-bond acceptors (Lipinski definition) is 10. The van der Waals surface area contributed by atoms with Crippen LogP contribution in [-0.4, -0.2) is 139 Å². The number of amides is 1. The molecule has 2 aliphatic rings. The number of aliphatic hydroxyl groups is 4. The van der Waals surface area contributed by atoms with Gasteiger partial charge in [-0.1, -0.05) is 77.0 Å². The van der Waals surface area contributed by atoms with Crippen molar-refractivity contribution in [2.45, 2.75) is 153 Å². The summed E-state index contributed by atoms with van der Waals surface area (Å²) in [6, 6.07) is 0. The lowest BCUT2D eigenvalue weighted by molar-refractivity contribution is -0.230. The van der Waals surface area contributed by atoms with Gasteiger partial charge in [-0.2, -0.15) is 0 Å². The number of nitrogens with one attached hydrogen (secondary N) is 2. The lowest BCUT2D eigenvalue weighted by Crippen LogP contribution is -2.58. The molecule has 278 valence electrons. The van der Waals surface area contributed by atoms with Gasteiger partial charge in [0.25, 0.3) is 0 Å². The summed E-state index contributed by atoms with van der Waals surface area (Å²) in [5.74, 6) is 0.290. The maximum atomic E-state index is 13.2. The van der Waals surface area contributed by atoms with Gasteiger partial charge in [-0.15, -0.1) is 0 Å². The summed E-state index contributed by atoms with van der Waals surface area (Å²) in [6.45, 7) is 9.23. The van der Waals surface area contributed by atoms with Gasteiger partial charge in [0.15, 0.2) is 0 Å². The van der Waals surface area contributed by atoms with Crippen LogP contribution in [0.2, 0.25) is 0 Å². The summed E-state index contributed by atoms with van der Waals surface area (Å²) in [7, 11) is 0. The molecule has 0 aliphatic carbocycles. The van der Waals surface area contributed by atoms with E-state index in [2.05, 4.69) is 20.4 Å². The number of hydrogen-bond donors (Lipinski definition) is 7. The Bertz CT molecular complexity index is 751. The third-order valence-corrected chi connectivity index (χ3v) is 9.92. The topological polar surface area (TPSA) is 164 Å². The summed E-state index contributed by atoms with van der Waals surface area (Å²) in [5.41, 5.74) is 5.59. The first-order valence-corrected chi connectivity index (χ1v) is 19.4. The van der Waals surface area contributed by atoms with Crippen molar-refractivity contribution in [3.63, 3.8) is 0 Å². The van der Waals surface area contributed by atoms with Gasteiger partial charge in [0.1, 0.15) is 24.4 Å². The minimum atomic E-state index is -1.29. The molecule has 5 atom stereocenters. The maximum Gasteiger partial charge on any atom is 0.222 e. The minimum absolute atomic E-state index is 0.290. The highest BCUT2D eigenvalue weighted by Crippen LogP contribution is 2.25. The predicted octanol–water partition coefficient (Wildman–Crippen LogP) is 2.52. The van der Waals surface area contributed by atoms with Gasteiger partial charge in [0.05, 0.1) is 12.7 Å². The zero-order chi connectivity index (χ0) is 34.0. The molecule has 0 bridgehead atoms. The molecular weight excluding hydrogens is 598 g/mol. The van der Waals surface area contributed by atoms with Crippen molar-refractivity contribution in [1.82, 2.24) is 20.4 Å². The van der Waals surface area contributed by atoms with Gasteiger partial charge in [-0.3, -0.25) is 4.79 Å². The van der Waals surface area contributed by atoms with Crippen LogP contribution in [0.15, 0.2) is 0 Å². The number of unbranched alkanes of at least 4 members (excludes halogenated alkanes) is 13. The Labute approximate surface area is 286 Å². The molecule has 0 unspecified atom stereocenters. The molecule has 0 radical (unpaired) electrons. The van der Waals surface area contributed by atoms with Gasteiger partial charge in [0, 0.05) is 39.1 Å². The summed E-state index contributed by atoms with van der Waals surface area (Å²) in [6.07, 6.45) is 15.7. The predicted molar refractivity (Wildman–Crippen MR) is 189 cm³/mol. The molecule has 0 aromatic rings. The number of rotatable bonds is 21. The van der Waals surface area contributed by atoms with Crippen LogP contribution < -0.4 is 16.4 Å². The third kappa shape index (κ3) is 19.2. The Kier molecular flexibility index (Phi) is 25.1. The number of aliphatic hydroxyl groups excluding tert-OH is 4. The van der Waals surface area contributed by atoms with Crippen LogP contribution in [0.3, 0.4) is 0 Å². The Hall–Kier alpha value is -0.890. The monoisotopic (exact) mass is 672 g/mol. The number of nitrogens with two attached hydrogens (primary N) is 1. The average molecular weight is 672 g/mol. The molecule has 0 spiro atoms. The van der Waals surface area contributed by atoms with Crippen LogP contribution in [0.1, 0.15) is 122 Å². The zero-order valence-electron chi connectivity index (χ0n) is 29.7. The van der Waals surface area contributed by atoms with Gasteiger partial charge >= 0.3 is 0 Å². The first-order chi connectivity index (χ1) is 23.0. The van der Waals surface area contributed by atoms with Crippen molar-refractivity contribution in [3.05, 3.63) is 0 Å². The van der Waals surface area contributed by atoms with E-state index in [1.54, 1.807) is 0 Å². The zero-order valence-corrected chi connectivity index (χ0v) is 29.7. The Morgan fingerprint density at radius 2 is 1.21 bits per heavy atom. The number of nitrogens with zero attached hydrogens (tertiary/aromatic N) is 2. The fourth-order valence-electron chi connectivity index (χ4n) is 6.84. The molecule has 2 rings (SSSR count). The molecule has 2 fully saturated rings. The summed E-state index contributed by atoms with van der Waals surface area (Å²) in [4.78, 5) is 17.9. The molecule has 2 saturated heterocycles. The van der Waals surface area contributed by atoms with Crippen LogP contribution >= 0.6 is 0 Å². The van der Waals surface area contributed by atoms with Crippen molar-refractivity contribution in [2.24, 2.45) is 5.73 Å². The summed E-state index contributed by atoms with van der Waals surface area (Å²) < 4.78 is 5.60.